The van der Waals surface area contributed by atoms with Crippen LogP contribution in [0.4, 0.5) is 11.4 Å². The molecule has 1 atom stereocenters. The number of hydrogen-bond acceptors (Lipinski definition) is 7. The first kappa shape index (κ1) is 27.5. The predicted molar refractivity (Wildman–Crippen MR) is 143 cm³/mol. The Kier molecular flexibility index (Phi) is 7.98. The second-order valence-corrected chi connectivity index (χ2v) is 15.2. The highest BCUT2D eigenvalue weighted by atomic mass is 35.5. The number of nitrogens with zero attached hydrogens (tertiary/aromatic N) is 4. The van der Waals surface area contributed by atoms with Crippen molar-refractivity contribution in [3.63, 3.8) is 0 Å². The molecule has 2 heterocycles. The van der Waals surface area contributed by atoms with Gasteiger partial charge in [0.1, 0.15) is 23.0 Å². The number of carbonyl (C=O) groups is 1. The van der Waals surface area contributed by atoms with Gasteiger partial charge >= 0.3 is 11.7 Å². The van der Waals surface area contributed by atoms with Gasteiger partial charge in [-0.2, -0.15) is 5.26 Å². The second-order valence-electron chi connectivity index (χ2n) is 10.1. The molecule has 36 heavy (non-hydrogen) atoms. The van der Waals surface area contributed by atoms with Crippen LogP contribution in [0, 0.1) is 11.3 Å². The number of fused-ring (bicyclic) bond motifs is 1. The lowest BCUT2D eigenvalue weighted by Crippen LogP contribution is -2.44. The zero-order chi connectivity index (χ0) is 26.8. The maximum atomic E-state index is 13.5. The molecule has 9 nitrogen and oxygen atoms in total. The van der Waals surface area contributed by atoms with Gasteiger partial charge in [-0.3, -0.25) is 13.9 Å². The van der Waals surface area contributed by atoms with Crippen molar-refractivity contribution in [3.05, 3.63) is 51.7 Å². The van der Waals surface area contributed by atoms with Crippen molar-refractivity contribution in [2.75, 3.05) is 12.4 Å². The van der Waals surface area contributed by atoms with Gasteiger partial charge in [-0.25, -0.2) is 9.78 Å². The summed E-state index contributed by atoms with van der Waals surface area (Å²) >= 11 is 6.08. The highest BCUT2D eigenvalue weighted by Crippen LogP contribution is 2.40. The number of methoxy groups -OCH3 is 1. The first-order valence-electron chi connectivity index (χ1n) is 11.6. The van der Waals surface area contributed by atoms with Crippen LogP contribution in [-0.4, -0.2) is 35.5 Å². The minimum atomic E-state index is -2.32. The van der Waals surface area contributed by atoms with Gasteiger partial charge in [0, 0.05) is 31.8 Å². The monoisotopic (exact) mass is 529 g/mol. The molecule has 3 rings (SSSR count). The Hall–Kier alpha value is -3.13. The van der Waals surface area contributed by atoms with E-state index >= 15 is 0 Å². The number of benzene rings is 1. The van der Waals surface area contributed by atoms with Crippen LogP contribution in [-0.2, 0) is 21.0 Å². The Balaban J connectivity index is 2.13. The van der Waals surface area contributed by atoms with E-state index in [1.54, 1.807) is 22.2 Å². The van der Waals surface area contributed by atoms with E-state index in [2.05, 4.69) is 50.2 Å². The van der Waals surface area contributed by atoms with E-state index in [0.29, 0.717) is 22.4 Å². The van der Waals surface area contributed by atoms with E-state index in [0.717, 1.165) is 0 Å². The summed E-state index contributed by atoms with van der Waals surface area (Å²) in [6.07, 6.45) is 1.24. The van der Waals surface area contributed by atoms with Crippen LogP contribution >= 0.6 is 11.6 Å². The number of rotatable bonds is 8. The first-order chi connectivity index (χ1) is 16.8. The smallest absolute Gasteiger partial charge is 0.330 e. The maximum absolute atomic E-state index is 13.5. The highest BCUT2D eigenvalue weighted by Gasteiger charge is 2.40. The minimum absolute atomic E-state index is 0.103. The van der Waals surface area contributed by atoms with Gasteiger partial charge in [-0.05, 0) is 42.4 Å². The summed E-state index contributed by atoms with van der Waals surface area (Å²) in [6, 6.07) is 9.19. The topological polar surface area (TPSA) is 111 Å². The molecule has 192 valence electrons. The quantitative estimate of drug-likeness (QED) is 0.234. The molecule has 0 aliphatic carbocycles. The molecule has 0 amide bonds. The largest absolute Gasteiger partial charge is 0.469 e. The summed E-state index contributed by atoms with van der Waals surface area (Å²) in [5, 5.41) is 12.7. The molecule has 1 aromatic carbocycles. The third-order valence-electron chi connectivity index (χ3n) is 6.73. The fourth-order valence-corrected chi connectivity index (χ4v) is 5.08. The van der Waals surface area contributed by atoms with E-state index in [-0.39, 0.29) is 40.3 Å². The van der Waals surface area contributed by atoms with Crippen molar-refractivity contribution in [3.8, 4) is 6.07 Å². The Morgan fingerprint density at radius 3 is 2.58 bits per heavy atom. The Morgan fingerprint density at radius 2 is 1.97 bits per heavy atom. The normalized spacial score (nSPS) is 12.9. The third kappa shape index (κ3) is 5.48. The van der Waals surface area contributed by atoms with E-state index in [1.807, 2.05) is 18.2 Å². The summed E-state index contributed by atoms with van der Waals surface area (Å²) < 4.78 is 14.7. The molecule has 0 saturated carbocycles. The second kappa shape index (κ2) is 10.5. The number of carbonyl (C=O) groups excluding carboxylic acids is 1. The summed E-state index contributed by atoms with van der Waals surface area (Å²) in [4.78, 5) is 29.4. The lowest BCUT2D eigenvalue weighted by Gasteiger charge is -2.39. The van der Waals surface area contributed by atoms with Crippen LogP contribution in [0.5, 0.6) is 0 Å². The molecule has 1 N–H and O–H groups in total. The van der Waals surface area contributed by atoms with E-state index < -0.39 is 14.5 Å². The molecule has 2 aromatic heterocycles. The maximum Gasteiger partial charge on any atom is 0.330 e. The van der Waals surface area contributed by atoms with Crippen molar-refractivity contribution in [1.29, 1.82) is 5.26 Å². The molecule has 0 saturated heterocycles. The van der Waals surface area contributed by atoms with Crippen LogP contribution in [0.25, 0.3) is 11.0 Å². The van der Waals surface area contributed by atoms with E-state index in [9.17, 15) is 14.9 Å². The van der Waals surface area contributed by atoms with Crippen molar-refractivity contribution >= 4 is 48.3 Å². The summed E-state index contributed by atoms with van der Waals surface area (Å²) in [5.74, 6) is -0.368. The van der Waals surface area contributed by atoms with Crippen LogP contribution in [0.2, 0.25) is 23.3 Å². The standard InChI is InChI=1S/C25H32ClN5O4Si/c1-25(2,3)36(6,7)35-21(10-11-22(32)34-5)31-20-14-16(8-9-19(20)30(4)24(31)33)29-18-12-13-28-23(26)17(18)15-27/h8-9,12-14,21H,10-11H2,1-7H3,(H,28,29). The fourth-order valence-electron chi connectivity index (χ4n) is 3.63. The van der Waals surface area contributed by atoms with Crippen molar-refractivity contribution < 1.29 is 14.0 Å². The zero-order valence-corrected chi connectivity index (χ0v) is 23.4. The number of pyridine rings is 1. The summed E-state index contributed by atoms with van der Waals surface area (Å²) in [6.45, 7) is 10.6. The van der Waals surface area contributed by atoms with Crippen LogP contribution in [0.3, 0.4) is 0 Å². The van der Waals surface area contributed by atoms with Gasteiger partial charge in [0.2, 0.25) is 0 Å². The van der Waals surface area contributed by atoms with E-state index in [4.69, 9.17) is 20.8 Å². The van der Waals surface area contributed by atoms with Gasteiger partial charge in [-0.1, -0.05) is 32.4 Å². The van der Waals surface area contributed by atoms with Gasteiger partial charge < -0.3 is 14.5 Å². The van der Waals surface area contributed by atoms with Gasteiger partial charge in [0.15, 0.2) is 8.32 Å². The SMILES string of the molecule is COC(=O)CCC(O[Si](C)(C)C(C)(C)C)n1c(=O)n(C)c2ccc(Nc3ccnc(Cl)c3C#N)cc21. The molecular formula is C25H32ClN5O4Si. The van der Waals surface area contributed by atoms with Crippen molar-refractivity contribution in [2.24, 2.45) is 7.05 Å². The summed E-state index contributed by atoms with van der Waals surface area (Å²) in [5.41, 5.74) is 2.48. The molecule has 0 spiro atoms. The van der Waals surface area contributed by atoms with Crippen LogP contribution in [0.1, 0.15) is 45.4 Å². The Morgan fingerprint density at radius 1 is 1.28 bits per heavy atom. The molecular weight excluding hydrogens is 498 g/mol. The molecule has 0 aliphatic heterocycles. The number of hydrogen-bond donors (Lipinski definition) is 1. The molecule has 3 aromatic rings. The number of halogens is 1. The lowest BCUT2D eigenvalue weighted by atomic mass is 10.2. The number of esters is 1. The predicted octanol–water partition coefficient (Wildman–Crippen LogP) is 5.48. The van der Waals surface area contributed by atoms with Crippen LogP contribution in [0.15, 0.2) is 35.3 Å². The minimum Gasteiger partial charge on any atom is -0.469 e. The van der Waals surface area contributed by atoms with Gasteiger partial charge in [-0.15, -0.1) is 0 Å². The Bertz CT molecular complexity index is 1380. The zero-order valence-electron chi connectivity index (χ0n) is 21.7. The van der Waals surface area contributed by atoms with Crippen molar-refractivity contribution in [1.82, 2.24) is 14.1 Å². The van der Waals surface area contributed by atoms with E-state index in [1.165, 1.54) is 13.3 Å². The lowest BCUT2D eigenvalue weighted by molar-refractivity contribution is -0.141. The molecule has 0 aliphatic rings. The van der Waals surface area contributed by atoms with Crippen LogP contribution < -0.4 is 11.0 Å². The number of ether oxygens (including phenoxy) is 1. The molecule has 1 unspecified atom stereocenters. The Labute approximate surface area is 216 Å². The van der Waals surface area contributed by atoms with Gasteiger partial charge in [0.05, 0.1) is 23.8 Å². The molecule has 0 fully saturated rings. The number of nitriles is 1. The van der Waals surface area contributed by atoms with Crippen molar-refractivity contribution in [2.45, 2.75) is 58.0 Å². The highest BCUT2D eigenvalue weighted by molar-refractivity contribution is 6.74. The summed E-state index contributed by atoms with van der Waals surface area (Å²) in [7, 11) is 0.723. The third-order valence-corrected chi connectivity index (χ3v) is 11.5. The fraction of sp³-hybridized carbons (Fsp3) is 0.440. The number of anilines is 2. The molecule has 0 radical (unpaired) electrons. The average Bonchev–Trinajstić information content (AvgIpc) is 3.05. The number of aromatic nitrogens is 3. The number of aryl methyl sites for hydroxylation is 1. The molecule has 11 heteroatoms. The molecule has 0 bridgehead atoms. The number of imidazole rings is 1. The average molecular weight is 530 g/mol. The number of nitrogens with one attached hydrogen (secondary N) is 1. The van der Waals surface area contributed by atoms with Gasteiger partial charge in [0.25, 0.3) is 0 Å². The first-order valence-corrected chi connectivity index (χ1v) is 14.9.